The molecule has 1 aliphatic rings. The molecule has 0 bridgehead atoms. The maximum atomic E-state index is 13.5. The number of nitrogens with zero attached hydrogens (tertiary/aromatic N) is 1. The average Bonchev–Trinajstić information content (AvgIpc) is 3.24. The average molecular weight is 483 g/mol. The Labute approximate surface area is 202 Å². The highest BCUT2D eigenvalue weighted by Crippen LogP contribution is 2.43. The third kappa shape index (κ3) is 3.47. The molecule has 4 aromatic carbocycles. The highest BCUT2D eigenvalue weighted by atomic mass is 32.2. The first-order valence-electron chi connectivity index (χ1n) is 11.4. The van der Waals surface area contributed by atoms with E-state index in [1.165, 1.54) is 4.31 Å². The summed E-state index contributed by atoms with van der Waals surface area (Å²) >= 11 is 0. The summed E-state index contributed by atoms with van der Waals surface area (Å²) < 4.78 is 34.1. The van der Waals surface area contributed by atoms with Crippen LogP contribution in [0.15, 0.2) is 94.2 Å². The zero-order valence-corrected chi connectivity index (χ0v) is 19.8. The maximum Gasteiger partial charge on any atom is 0.265 e. The maximum absolute atomic E-state index is 13.5. The Morgan fingerprint density at radius 2 is 1.63 bits per heavy atom. The fraction of sp³-hybridized carbons (Fsp3) is 0.107. The van der Waals surface area contributed by atoms with Crippen molar-refractivity contribution in [2.75, 3.05) is 16.2 Å². The van der Waals surface area contributed by atoms with Crippen molar-refractivity contribution in [1.82, 2.24) is 0 Å². The van der Waals surface area contributed by atoms with E-state index in [0.29, 0.717) is 22.5 Å². The van der Waals surface area contributed by atoms with E-state index in [4.69, 9.17) is 4.42 Å². The number of aryl methyl sites for hydroxylation is 1. The van der Waals surface area contributed by atoms with Crippen molar-refractivity contribution in [1.29, 1.82) is 0 Å². The van der Waals surface area contributed by atoms with E-state index in [0.717, 1.165) is 33.9 Å². The molecule has 6 nitrogen and oxygen atoms in total. The second-order valence-corrected chi connectivity index (χ2v) is 10.4. The number of hydrogen-bond acceptors (Lipinski definition) is 4. The van der Waals surface area contributed by atoms with E-state index < -0.39 is 15.9 Å². The summed E-state index contributed by atoms with van der Waals surface area (Å²) in [5.41, 5.74) is 5.03. The number of carbonyl (C=O) groups excluding carboxylic acids is 1. The normalized spacial score (nSPS) is 14.0. The smallest absolute Gasteiger partial charge is 0.265 e. The molecule has 0 aliphatic carbocycles. The third-order valence-electron chi connectivity index (χ3n) is 6.43. The lowest BCUT2D eigenvalue weighted by atomic mass is 9.99. The number of carbonyl (C=O) groups is 1. The third-order valence-corrected chi connectivity index (χ3v) is 8.25. The monoisotopic (exact) mass is 482 g/mol. The van der Waals surface area contributed by atoms with Gasteiger partial charge in [-0.3, -0.25) is 9.10 Å². The summed E-state index contributed by atoms with van der Waals surface area (Å²) in [5.74, 6) is -0.436. The van der Waals surface area contributed by atoms with Crippen molar-refractivity contribution >= 4 is 49.2 Å². The Kier molecular flexibility index (Phi) is 4.89. The first-order chi connectivity index (χ1) is 17.0. The van der Waals surface area contributed by atoms with Gasteiger partial charge in [0.05, 0.1) is 10.6 Å². The molecule has 0 atom stereocenters. The van der Waals surface area contributed by atoms with Crippen molar-refractivity contribution < 1.29 is 17.6 Å². The molecule has 35 heavy (non-hydrogen) atoms. The number of sulfonamides is 1. The van der Waals surface area contributed by atoms with Crippen molar-refractivity contribution in [2.24, 2.45) is 0 Å². The van der Waals surface area contributed by atoms with E-state index in [1.807, 2.05) is 54.6 Å². The number of hydrogen-bond donors (Lipinski definition) is 1. The van der Waals surface area contributed by atoms with Crippen LogP contribution < -0.4 is 9.62 Å². The van der Waals surface area contributed by atoms with Crippen LogP contribution in [0, 0.1) is 0 Å². The molecule has 0 saturated carbocycles. The number of benzene rings is 4. The molecule has 0 radical (unpaired) electrons. The Hall–Kier alpha value is -4.10. The lowest BCUT2D eigenvalue weighted by Crippen LogP contribution is -2.40. The van der Waals surface area contributed by atoms with Crippen LogP contribution in [0.1, 0.15) is 12.5 Å². The van der Waals surface area contributed by atoms with Crippen molar-refractivity contribution in [3.63, 3.8) is 0 Å². The molecule has 0 unspecified atom stereocenters. The Morgan fingerprint density at radius 3 is 2.49 bits per heavy atom. The molecule has 0 fully saturated rings. The number of nitrogens with one attached hydrogen (secondary N) is 1. The molecule has 6 rings (SSSR count). The van der Waals surface area contributed by atoms with Gasteiger partial charge in [-0.15, -0.1) is 0 Å². The van der Waals surface area contributed by atoms with Gasteiger partial charge in [-0.05, 0) is 48.4 Å². The Bertz CT molecular complexity index is 1740. The molecule has 2 heterocycles. The van der Waals surface area contributed by atoms with Gasteiger partial charge in [0.1, 0.15) is 17.7 Å². The second kappa shape index (κ2) is 7.99. The number of amides is 1. The molecule has 1 N–H and O–H groups in total. The van der Waals surface area contributed by atoms with Crippen LogP contribution >= 0.6 is 0 Å². The fourth-order valence-corrected chi connectivity index (χ4v) is 6.35. The number of anilines is 2. The summed E-state index contributed by atoms with van der Waals surface area (Å²) in [4.78, 5) is 13.3. The number of para-hydroxylation sites is 1. The summed E-state index contributed by atoms with van der Waals surface area (Å²) in [5, 5.41) is 4.79. The minimum absolute atomic E-state index is 0.206. The molecule has 1 aliphatic heterocycles. The van der Waals surface area contributed by atoms with Crippen molar-refractivity contribution in [3.05, 3.63) is 90.5 Å². The first kappa shape index (κ1) is 21.4. The molecule has 174 valence electrons. The number of furan rings is 1. The van der Waals surface area contributed by atoms with Gasteiger partial charge < -0.3 is 9.73 Å². The van der Waals surface area contributed by atoms with Crippen LogP contribution in [0.4, 0.5) is 11.4 Å². The van der Waals surface area contributed by atoms with E-state index >= 15 is 0 Å². The molecule has 0 spiro atoms. The molecule has 1 amide bonds. The van der Waals surface area contributed by atoms with Crippen LogP contribution in [-0.4, -0.2) is 20.9 Å². The van der Waals surface area contributed by atoms with Crippen LogP contribution in [-0.2, 0) is 21.2 Å². The second-order valence-electron chi connectivity index (χ2n) is 8.57. The zero-order chi connectivity index (χ0) is 24.2. The summed E-state index contributed by atoms with van der Waals surface area (Å²) in [6.07, 6.45) is 0.826. The van der Waals surface area contributed by atoms with Gasteiger partial charge in [0.25, 0.3) is 10.0 Å². The predicted molar refractivity (Wildman–Crippen MR) is 138 cm³/mol. The van der Waals surface area contributed by atoms with Gasteiger partial charge in [-0.1, -0.05) is 49.4 Å². The first-order valence-corrected chi connectivity index (χ1v) is 12.9. The SMILES string of the molecule is CCc1ccc2c(c1)-c1ccccc1S(=O)(=O)N2CC(=O)Nc1ccc2c(c1)oc1ccccc12. The summed E-state index contributed by atoms with van der Waals surface area (Å²) in [6, 6.07) is 25.8. The van der Waals surface area contributed by atoms with Crippen LogP contribution in [0.25, 0.3) is 33.1 Å². The zero-order valence-electron chi connectivity index (χ0n) is 19.0. The highest BCUT2D eigenvalue weighted by Gasteiger charge is 2.36. The van der Waals surface area contributed by atoms with Crippen LogP contribution in [0.3, 0.4) is 0 Å². The minimum atomic E-state index is -3.90. The van der Waals surface area contributed by atoms with Gasteiger partial charge in [0.15, 0.2) is 0 Å². The Morgan fingerprint density at radius 1 is 0.857 bits per heavy atom. The van der Waals surface area contributed by atoms with Crippen molar-refractivity contribution in [3.8, 4) is 11.1 Å². The number of fused-ring (bicyclic) bond motifs is 6. The summed E-state index contributed by atoms with van der Waals surface area (Å²) in [7, 11) is -3.90. The predicted octanol–water partition coefficient (Wildman–Crippen LogP) is 5.96. The molecule has 5 aromatic rings. The lowest BCUT2D eigenvalue weighted by molar-refractivity contribution is -0.114. The fourth-order valence-electron chi connectivity index (χ4n) is 4.70. The largest absolute Gasteiger partial charge is 0.456 e. The van der Waals surface area contributed by atoms with Crippen molar-refractivity contribution in [2.45, 2.75) is 18.2 Å². The summed E-state index contributed by atoms with van der Waals surface area (Å²) in [6.45, 7) is 1.71. The number of rotatable bonds is 4. The van der Waals surface area contributed by atoms with E-state index in [-0.39, 0.29) is 11.4 Å². The van der Waals surface area contributed by atoms with Gasteiger partial charge in [0, 0.05) is 33.7 Å². The minimum Gasteiger partial charge on any atom is -0.456 e. The molecule has 7 heteroatoms. The lowest BCUT2D eigenvalue weighted by Gasteiger charge is -2.32. The van der Waals surface area contributed by atoms with E-state index in [1.54, 1.807) is 30.3 Å². The van der Waals surface area contributed by atoms with E-state index in [2.05, 4.69) is 12.2 Å². The van der Waals surface area contributed by atoms with E-state index in [9.17, 15) is 13.2 Å². The van der Waals surface area contributed by atoms with Gasteiger partial charge >= 0.3 is 0 Å². The van der Waals surface area contributed by atoms with Gasteiger partial charge in [-0.2, -0.15) is 0 Å². The standard InChI is InChI=1S/C28H22N2O4S/c1-2-18-11-14-24-23(15-18)22-8-4-6-10-27(22)35(32,33)30(24)17-28(31)29-19-12-13-21-20-7-3-5-9-25(20)34-26(21)16-19/h3-16H,2,17H2,1H3,(H,29,31). The van der Waals surface area contributed by atoms with Crippen LogP contribution in [0.2, 0.25) is 0 Å². The topological polar surface area (TPSA) is 79.6 Å². The molecular formula is C28H22N2O4S. The highest BCUT2D eigenvalue weighted by molar-refractivity contribution is 7.93. The molecular weight excluding hydrogens is 460 g/mol. The Balaban J connectivity index is 1.34. The quantitative estimate of drug-likeness (QED) is 0.343. The van der Waals surface area contributed by atoms with Crippen LogP contribution in [0.5, 0.6) is 0 Å². The van der Waals surface area contributed by atoms with Gasteiger partial charge in [0.2, 0.25) is 5.91 Å². The van der Waals surface area contributed by atoms with Gasteiger partial charge in [-0.25, -0.2) is 8.42 Å². The molecule has 1 aromatic heterocycles. The molecule has 0 saturated heterocycles.